The average molecular weight is 336 g/mol. The van der Waals surface area contributed by atoms with Crippen LogP contribution in [-0.2, 0) is 10.0 Å². The standard InChI is InChI=1S/C11H11ClFN3O2S2/c1-6(2)10-14-11(19-15-10)16-20(17,18)7-3-4-9(13)8(12)5-7/h3-6H,1-2H3,(H,14,15,16). The van der Waals surface area contributed by atoms with Gasteiger partial charge in [-0.3, -0.25) is 4.72 Å². The second-order valence-corrected chi connectivity index (χ2v) is 7.14. The van der Waals surface area contributed by atoms with Crippen LogP contribution in [0.2, 0.25) is 5.02 Å². The minimum absolute atomic E-state index is 0.102. The molecule has 1 aromatic carbocycles. The molecule has 0 bridgehead atoms. The summed E-state index contributed by atoms with van der Waals surface area (Å²) in [5, 5.41) is -0.0952. The molecule has 2 rings (SSSR count). The van der Waals surface area contributed by atoms with Gasteiger partial charge in [0.05, 0.1) is 9.92 Å². The van der Waals surface area contributed by atoms with E-state index >= 15 is 0 Å². The Morgan fingerprint density at radius 1 is 1.40 bits per heavy atom. The van der Waals surface area contributed by atoms with Gasteiger partial charge in [0, 0.05) is 17.5 Å². The van der Waals surface area contributed by atoms with Gasteiger partial charge in [-0.25, -0.2) is 17.8 Å². The summed E-state index contributed by atoms with van der Waals surface area (Å²) in [6, 6.07) is 3.17. The first-order valence-corrected chi connectivity index (χ1v) is 8.24. The number of anilines is 1. The van der Waals surface area contributed by atoms with Crippen molar-refractivity contribution < 1.29 is 12.8 Å². The van der Waals surface area contributed by atoms with Gasteiger partial charge in [-0.2, -0.15) is 4.37 Å². The Bertz CT molecular complexity index is 731. The van der Waals surface area contributed by atoms with Crippen LogP contribution >= 0.6 is 23.1 Å². The number of hydrogen-bond acceptors (Lipinski definition) is 5. The predicted octanol–water partition coefficient (Wildman–Crippen LogP) is 3.25. The molecule has 5 nitrogen and oxygen atoms in total. The molecule has 0 aliphatic rings. The molecule has 0 atom stereocenters. The lowest BCUT2D eigenvalue weighted by Gasteiger charge is -2.05. The maximum Gasteiger partial charge on any atom is 0.263 e. The molecule has 1 N–H and O–H groups in total. The molecule has 0 aliphatic heterocycles. The highest BCUT2D eigenvalue weighted by atomic mass is 35.5. The first-order valence-electron chi connectivity index (χ1n) is 5.61. The molecule has 0 spiro atoms. The van der Waals surface area contributed by atoms with E-state index in [1.54, 1.807) is 0 Å². The monoisotopic (exact) mass is 335 g/mol. The molecule has 0 radical (unpaired) electrons. The van der Waals surface area contributed by atoms with E-state index in [1.165, 1.54) is 0 Å². The van der Waals surface area contributed by atoms with E-state index in [9.17, 15) is 12.8 Å². The Morgan fingerprint density at radius 2 is 2.10 bits per heavy atom. The van der Waals surface area contributed by atoms with Crippen LogP contribution in [0, 0.1) is 5.82 Å². The van der Waals surface area contributed by atoms with Crippen LogP contribution in [0.1, 0.15) is 25.6 Å². The quantitative estimate of drug-likeness (QED) is 0.930. The van der Waals surface area contributed by atoms with E-state index in [0.29, 0.717) is 5.82 Å². The summed E-state index contributed by atoms with van der Waals surface area (Å²) in [4.78, 5) is 3.94. The molecule has 0 amide bonds. The predicted molar refractivity (Wildman–Crippen MR) is 76.2 cm³/mol. The fraction of sp³-hybridized carbons (Fsp3) is 0.273. The molecule has 20 heavy (non-hydrogen) atoms. The van der Waals surface area contributed by atoms with Gasteiger partial charge in [0.2, 0.25) is 5.13 Å². The minimum Gasteiger partial charge on any atom is -0.253 e. The van der Waals surface area contributed by atoms with Crippen molar-refractivity contribution in [3.8, 4) is 0 Å². The molecule has 0 aliphatic carbocycles. The van der Waals surface area contributed by atoms with Crippen LogP contribution in [0.3, 0.4) is 0 Å². The lowest BCUT2D eigenvalue weighted by Crippen LogP contribution is -2.13. The highest BCUT2D eigenvalue weighted by molar-refractivity contribution is 7.93. The van der Waals surface area contributed by atoms with E-state index in [2.05, 4.69) is 14.1 Å². The number of benzene rings is 1. The summed E-state index contributed by atoms with van der Waals surface area (Å²) in [6.07, 6.45) is 0. The van der Waals surface area contributed by atoms with Crippen molar-refractivity contribution in [1.29, 1.82) is 0 Å². The Labute approximate surface area is 125 Å². The Balaban J connectivity index is 2.28. The normalized spacial score (nSPS) is 11.8. The largest absolute Gasteiger partial charge is 0.263 e. The van der Waals surface area contributed by atoms with E-state index in [4.69, 9.17) is 11.6 Å². The first-order chi connectivity index (χ1) is 9.29. The summed E-state index contributed by atoms with van der Waals surface area (Å²) in [6.45, 7) is 3.81. The summed E-state index contributed by atoms with van der Waals surface area (Å²) in [5.74, 6) is -0.0155. The van der Waals surface area contributed by atoms with Gasteiger partial charge in [-0.15, -0.1) is 0 Å². The van der Waals surface area contributed by atoms with Crippen molar-refractivity contribution in [2.24, 2.45) is 0 Å². The van der Waals surface area contributed by atoms with Crippen molar-refractivity contribution in [1.82, 2.24) is 9.36 Å². The second-order valence-electron chi connectivity index (χ2n) is 4.29. The van der Waals surface area contributed by atoms with Gasteiger partial charge in [-0.1, -0.05) is 25.4 Å². The van der Waals surface area contributed by atoms with Crippen molar-refractivity contribution >= 4 is 38.3 Å². The van der Waals surface area contributed by atoms with Gasteiger partial charge in [-0.05, 0) is 18.2 Å². The third-order valence-electron chi connectivity index (χ3n) is 2.38. The van der Waals surface area contributed by atoms with E-state index < -0.39 is 15.8 Å². The molecule has 1 heterocycles. The number of sulfonamides is 1. The van der Waals surface area contributed by atoms with Crippen LogP contribution in [-0.4, -0.2) is 17.8 Å². The van der Waals surface area contributed by atoms with Crippen molar-refractivity contribution in [2.75, 3.05) is 4.72 Å². The maximum absolute atomic E-state index is 13.0. The van der Waals surface area contributed by atoms with Gasteiger partial charge < -0.3 is 0 Å². The van der Waals surface area contributed by atoms with Crippen molar-refractivity contribution in [2.45, 2.75) is 24.7 Å². The summed E-state index contributed by atoms with van der Waals surface area (Å²) in [7, 11) is -3.86. The molecular formula is C11H11ClFN3O2S2. The Hall–Kier alpha value is -1.25. The number of rotatable bonds is 4. The van der Waals surface area contributed by atoms with Gasteiger partial charge in [0.25, 0.3) is 10.0 Å². The van der Waals surface area contributed by atoms with E-state index in [-0.39, 0.29) is 21.0 Å². The summed E-state index contributed by atoms with van der Waals surface area (Å²) < 4.78 is 43.6. The van der Waals surface area contributed by atoms with Crippen LogP contribution in [0.25, 0.3) is 0 Å². The smallest absolute Gasteiger partial charge is 0.253 e. The minimum atomic E-state index is -3.86. The molecule has 2 aromatic rings. The van der Waals surface area contributed by atoms with Gasteiger partial charge >= 0.3 is 0 Å². The molecule has 9 heteroatoms. The van der Waals surface area contributed by atoms with E-state index in [1.807, 2.05) is 13.8 Å². The van der Waals surface area contributed by atoms with Crippen LogP contribution in [0.15, 0.2) is 23.1 Å². The molecular weight excluding hydrogens is 325 g/mol. The topological polar surface area (TPSA) is 72.0 Å². The zero-order valence-electron chi connectivity index (χ0n) is 10.6. The number of aromatic nitrogens is 2. The summed E-state index contributed by atoms with van der Waals surface area (Å²) >= 11 is 6.52. The van der Waals surface area contributed by atoms with E-state index in [0.717, 1.165) is 29.7 Å². The molecule has 0 saturated carbocycles. The number of hydrogen-bond donors (Lipinski definition) is 1. The summed E-state index contributed by atoms with van der Waals surface area (Å²) in [5.41, 5.74) is 0. The lowest BCUT2D eigenvalue weighted by molar-refractivity contribution is 0.599. The van der Waals surface area contributed by atoms with Crippen LogP contribution in [0.5, 0.6) is 0 Å². The van der Waals surface area contributed by atoms with Crippen molar-refractivity contribution in [3.63, 3.8) is 0 Å². The van der Waals surface area contributed by atoms with Gasteiger partial charge in [0.1, 0.15) is 11.6 Å². The van der Waals surface area contributed by atoms with Gasteiger partial charge in [0.15, 0.2) is 0 Å². The molecule has 0 unspecified atom stereocenters. The highest BCUT2D eigenvalue weighted by Gasteiger charge is 2.18. The third-order valence-corrected chi connectivity index (χ3v) is 4.78. The lowest BCUT2D eigenvalue weighted by atomic mass is 10.2. The molecule has 0 fully saturated rings. The highest BCUT2D eigenvalue weighted by Crippen LogP contribution is 2.23. The second kappa shape index (κ2) is 5.63. The van der Waals surface area contributed by atoms with Crippen molar-refractivity contribution in [3.05, 3.63) is 34.9 Å². The zero-order chi connectivity index (χ0) is 14.9. The van der Waals surface area contributed by atoms with Crippen LogP contribution in [0.4, 0.5) is 9.52 Å². The number of nitrogens with zero attached hydrogens (tertiary/aromatic N) is 2. The SMILES string of the molecule is CC(C)c1nsc(NS(=O)(=O)c2ccc(F)c(Cl)c2)n1. The fourth-order valence-corrected chi connectivity index (χ4v) is 3.53. The third kappa shape index (κ3) is 3.25. The van der Waals surface area contributed by atoms with Crippen LogP contribution < -0.4 is 4.72 Å². The average Bonchev–Trinajstić information content (AvgIpc) is 2.80. The Morgan fingerprint density at radius 3 is 2.65 bits per heavy atom. The number of nitrogens with one attached hydrogen (secondary N) is 1. The molecule has 108 valence electrons. The molecule has 0 saturated heterocycles. The Kier molecular flexibility index (Phi) is 4.26. The fourth-order valence-electron chi connectivity index (χ4n) is 1.33. The first kappa shape index (κ1) is 15.1. The zero-order valence-corrected chi connectivity index (χ0v) is 13.0. The molecule has 1 aromatic heterocycles. The maximum atomic E-state index is 13.0. The number of halogens is 2.